The Morgan fingerprint density at radius 3 is 2.73 bits per heavy atom. The third-order valence-electron chi connectivity index (χ3n) is 2.73. The molecule has 0 bridgehead atoms. The molecule has 0 aliphatic carbocycles. The molecule has 1 heterocycles. The number of benzene rings is 1. The van der Waals surface area contributed by atoms with Crippen molar-refractivity contribution in [2.24, 2.45) is 4.99 Å². The van der Waals surface area contributed by atoms with Crippen molar-refractivity contribution in [1.82, 2.24) is 4.90 Å². The summed E-state index contributed by atoms with van der Waals surface area (Å²) in [6, 6.07) is 8.54. The molecule has 0 radical (unpaired) electrons. The van der Waals surface area contributed by atoms with Crippen molar-refractivity contribution >= 4 is 11.6 Å². The van der Waals surface area contributed by atoms with Crippen LogP contribution < -0.4 is 4.90 Å². The largest absolute Gasteiger partial charge is 0.349 e. The Bertz CT molecular complexity index is 382. The highest BCUT2D eigenvalue weighted by Gasteiger charge is 2.23. The topological polar surface area (TPSA) is 18.8 Å². The molecule has 1 aromatic carbocycles. The molecular weight excluding hydrogens is 186 g/mol. The van der Waals surface area contributed by atoms with E-state index in [1.807, 2.05) is 21.1 Å². The van der Waals surface area contributed by atoms with E-state index in [1.165, 1.54) is 11.3 Å². The maximum Gasteiger partial charge on any atom is 0.200 e. The molecule has 0 saturated heterocycles. The van der Waals surface area contributed by atoms with Gasteiger partial charge >= 0.3 is 0 Å². The van der Waals surface area contributed by atoms with Crippen LogP contribution in [0.3, 0.4) is 0 Å². The molecule has 0 unspecified atom stereocenters. The number of fused-ring (bicyclic) bond motifs is 1. The van der Waals surface area contributed by atoms with Crippen LogP contribution in [-0.4, -0.2) is 38.5 Å². The Morgan fingerprint density at radius 1 is 1.33 bits per heavy atom. The fourth-order valence-electron chi connectivity index (χ4n) is 2.11. The van der Waals surface area contributed by atoms with Gasteiger partial charge in [-0.3, -0.25) is 4.99 Å². The van der Waals surface area contributed by atoms with Gasteiger partial charge in [0.2, 0.25) is 0 Å². The van der Waals surface area contributed by atoms with Crippen LogP contribution in [0.25, 0.3) is 0 Å². The van der Waals surface area contributed by atoms with E-state index >= 15 is 0 Å². The molecule has 0 atom stereocenters. The van der Waals surface area contributed by atoms with Gasteiger partial charge in [-0.1, -0.05) is 18.2 Å². The Balaban J connectivity index is 2.35. The molecule has 0 aromatic heterocycles. The maximum absolute atomic E-state index is 4.34. The predicted octanol–water partition coefficient (Wildman–Crippen LogP) is 1.60. The number of hydrogen-bond acceptors (Lipinski definition) is 1. The normalized spacial score (nSPS) is 15.4. The van der Waals surface area contributed by atoms with E-state index in [4.69, 9.17) is 0 Å². The number of hydrogen-bond donors (Lipinski definition) is 0. The smallest absolute Gasteiger partial charge is 0.200 e. The molecule has 0 fully saturated rings. The van der Waals surface area contributed by atoms with Gasteiger partial charge in [0.15, 0.2) is 5.96 Å². The second kappa shape index (κ2) is 3.93. The Morgan fingerprint density at radius 2 is 2.07 bits per heavy atom. The molecule has 15 heavy (non-hydrogen) atoms. The van der Waals surface area contributed by atoms with Crippen LogP contribution in [0.4, 0.5) is 5.69 Å². The van der Waals surface area contributed by atoms with Gasteiger partial charge in [-0.25, -0.2) is 0 Å². The first kappa shape index (κ1) is 10.0. The molecule has 0 saturated carbocycles. The summed E-state index contributed by atoms with van der Waals surface area (Å²) in [5, 5.41) is 0. The number of nitrogens with zero attached hydrogens (tertiary/aromatic N) is 3. The van der Waals surface area contributed by atoms with Crippen LogP contribution in [0.2, 0.25) is 0 Å². The standard InChI is InChI=1S/C12H17N3/c1-13-12(14(2)3)15-9-8-10-6-4-5-7-11(10)15/h4-7H,8-9H2,1-3H3. The van der Waals surface area contributed by atoms with Gasteiger partial charge in [-0.05, 0) is 18.1 Å². The van der Waals surface area contributed by atoms with E-state index < -0.39 is 0 Å². The highest BCUT2D eigenvalue weighted by Crippen LogP contribution is 2.27. The van der Waals surface area contributed by atoms with Crippen LogP contribution in [0.1, 0.15) is 5.56 Å². The van der Waals surface area contributed by atoms with Gasteiger partial charge < -0.3 is 9.80 Å². The van der Waals surface area contributed by atoms with E-state index in [0.717, 1.165) is 18.9 Å². The predicted molar refractivity (Wildman–Crippen MR) is 64.5 cm³/mol. The lowest BCUT2D eigenvalue weighted by Crippen LogP contribution is -2.39. The molecular formula is C12H17N3. The minimum Gasteiger partial charge on any atom is -0.349 e. The van der Waals surface area contributed by atoms with Crippen LogP contribution in [-0.2, 0) is 6.42 Å². The van der Waals surface area contributed by atoms with Crippen LogP contribution in [0, 0.1) is 0 Å². The van der Waals surface area contributed by atoms with E-state index in [1.54, 1.807) is 0 Å². The fourth-order valence-corrected chi connectivity index (χ4v) is 2.11. The molecule has 1 aliphatic heterocycles. The third-order valence-corrected chi connectivity index (χ3v) is 2.73. The van der Waals surface area contributed by atoms with E-state index in [2.05, 4.69) is 39.1 Å². The van der Waals surface area contributed by atoms with Crippen LogP contribution in [0.15, 0.2) is 29.3 Å². The highest BCUT2D eigenvalue weighted by molar-refractivity contribution is 5.97. The monoisotopic (exact) mass is 203 g/mol. The molecule has 2 rings (SSSR count). The Hall–Kier alpha value is -1.51. The molecule has 1 aromatic rings. The molecule has 0 spiro atoms. The zero-order chi connectivity index (χ0) is 10.8. The average molecular weight is 203 g/mol. The van der Waals surface area contributed by atoms with Crippen LogP contribution in [0.5, 0.6) is 0 Å². The van der Waals surface area contributed by atoms with E-state index in [-0.39, 0.29) is 0 Å². The van der Waals surface area contributed by atoms with Gasteiger partial charge in [-0.15, -0.1) is 0 Å². The number of guanidine groups is 1. The van der Waals surface area contributed by atoms with Crippen molar-refractivity contribution < 1.29 is 0 Å². The summed E-state index contributed by atoms with van der Waals surface area (Å²) in [7, 11) is 5.91. The third kappa shape index (κ3) is 1.69. The minimum absolute atomic E-state index is 1.03. The van der Waals surface area contributed by atoms with Crippen LogP contribution >= 0.6 is 0 Å². The van der Waals surface area contributed by atoms with Gasteiger partial charge in [0.1, 0.15) is 0 Å². The summed E-state index contributed by atoms with van der Waals surface area (Å²) in [5.41, 5.74) is 2.72. The first-order valence-electron chi connectivity index (χ1n) is 5.23. The zero-order valence-electron chi connectivity index (χ0n) is 9.57. The SMILES string of the molecule is CN=C(N(C)C)N1CCc2ccccc21. The highest BCUT2D eigenvalue weighted by atomic mass is 15.4. The lowest BCUT2D eigenvalue weighted by Gasteiger charge is -2.26. The van der Waals surface area contributed by atoms with Crippen molar-refractivity contribution in [3.63, 3.8) is 0 Å². The van der Waals surface area contributed by atoms with Crippen molar-refractivity contribution in [3.05, 3.63) is 29.8 Å². The molecule has 80 valence electrons. The lowest BCUT2D eigenvalue weighted by molar-refractivity contribution is 0.603. The van der Waals surface area contributed by atoms with Crippen molar-refractivity contribution in [2.45, 2.75) is 6.42 Å². The fraction of sp³-hybridized carbons (Fsp3) is 0.417. The average Bonchev–Trinajstić information content (AvgIpc) is 2.63. The van der Waals surface area contributed by atoms with E-state index in [9.17, 15) is 0 Å². The number of anilines is 1. The molecule has 0 N–H and O–H groups in total. The molecule has 1 aliphatic rings. The summed E-state index contributed by atoms with van der Waals surface area (Å²) in [4.78, 5) is 8.67. The quantitative estimate of drug-likeness (QED) is 0.471. The summed E-state index contributed by atoms with van der Waals surface area (Å²) >= 11 is 0. The second-order valence-corrected chi connectivity index (χ2v) is 3.95. The zero-order valence-corrected chi connectivity index (χ0v) is 9.57. The Labute approximate surface area is 91.0 Å². The Kier molecular flexibility index (Phi) is 2.62. The number of para-hydroxylation sites is 1. The molecule has 3 heteroatoms. The lowest BCUT2D eigenvalue weighted by atomic mass is 10.2. The van der Waals surface area contributed by atoms with Gasteiger partial charge in [0.25, 0.3) is 0 Å². The summed E-state index contributed by atoms with van der Waals surface area (Å²) in [5.74, 6) is 1.03. The van der Waals surface area contributed by atoms with Gasteiger partial charge in [0, 0.05) is 33.4 Å². The number of rotatable bonds is 0. The summed E-state index contributed by atoms with van der Waals surface area (Å²) < 4.78 is 0. The van der Waals surface area contributed by atoms with Crippen molar-refractivity contribution in [1.29, 1.82) is 0 Å². The molecule has 0 amide bonds. The number of aliphatic imine (C=N–C) groups is 1. The molecule has 3 nitrogen and oxygen atoms in total. The summed E-state index contributed by atoms with van der Waals surface area (Å²) in [6.07, 6.45) is 1.11. The first-order valence-corrected chi connectivity index (χ1v) is 5.23. The summed E-state index contributed by atoms with van der Waals surface area (Å²) in [6.45, 7) is 1.03. The van der Waals surface area contributed by atoms with E-state index in [0.29, 0.717) is 0 Å². The minimum atomic E-state index is 1.03. The second-order valence-electron chi connectivity index (χ2n) is 3.95. The van der Waals surface area contributed by atoms with Gasteiger partial charge in [-0.2, -0.15) is 0 Å². The van der Waals surface area contributed by atoms with Gasteiger partial charge in [0.05, 0.1) is 0 Å². The van der Waals surface area contributed by atoms with Crippen molar-refractivity contribution in [2.75, 3.05) is 32.6 Å². The maximum atomic E-state index is 4.34. The van der Waals surface area contributed by atoms with Crippen molar-refractivity contribution in [3.8, 4) is 0 Å². The first-order chi connectivity index (χ1) is 7.24.